The van der Waals surface area contributed by atoms with Gasteiger partial charge in [-0.15, -0.1) is 10.2 Å². The van der Waals surface area contributed by atoms with Crippen LogP contribution < -0.4 is 26.1 Å². The second kappa shape index (κ2) is 9.67. The van der Waals surface area contributed by atoms with Crippen LogP contribution >= 0.6 is 0 Å². The molecule has 0 saturated heterocycles. The van der Waals surface area contributed by atoms with E-state index in [1.54, 1.807) is 12.1 Å². The molecule has 1 atom stereocenters. The van der Waals surface area contributed by atoms with Gasteiger partial charge in [0.1, 0.15) is 25.1 Å². The van der Waals surface area contributed by atoms with Gasteiger partial charge in [-0.3, -0.25) is 0 Å². The summed E-state index contributed by atoms with van der Waals surface area (Å²) in [5.41, 5.74) is 2.39. The molecule has 0 saturated carbocycles. The Morgan fingerprint density at radius 2 is 1.85 bits per heavy atom. The smallest absolute Gasteiger partial charge is 0.233 e. The van der Waals surface area contributed by atoms with Gasteiger partial charge in [-0.25, -0.2) is 5.84 Å². The first-order valence-corrected chi connectivity index (χ1v) is 8.68. The van der Waals surface area contributed by atoms with Gasteiger partial charge in [0.05, 0.1) is 0 Å². The SMILES string of the molecule is NNc1ccc(OCCNCC(O)COc2ccc3ccccc3c2)nn1. The van der Waals surface area contributed by atoms with Gasteiger partial charge >= 0.3 is 0 Å². The van der Waals surface area contributed by atoms with Gasteiger partial charge < -0.3 is 25.3 Å². The lowest BCUT2D eigenvalue weighted by Gasteiger charge is -2.14. The first kappa shape index (κ1) is 18.8. The minimum Gasteiger partial charge on any atom is -0.491 e. The number of aromatic nitrogens is 2. The molecule has 0 aliphatic heterocycles. The summed E-state index contributed by atoms with van der Waals surface area (Å²) in [6, 6.07) is 17.3. The summed E-state index contributed by atoms with van der Waals surface area (Å²) in [4.78, 5) is 0. The summed E-state index contributed by atoms with van der Waals surface area (Å²) >= 11 is 0. The summed E-state index contributed by atoms with van der Waals surface area (Å²) in [5, 5.41) is 23.1. The second-order valence-electron chi connectivity index (χ2n) is 5.93. The molecule has 0 fully saturated rings. The Morgan fingerprint density at radius 3 is 2.63 bits per heavy atom. The zero-order valence-corrected chi connectivity index (χ0v) is 14.8. The van der Waals surface area contributed by atoms with E-state index >= 15 is 0 Å². The molecule has 0 amide bonds. The van der Waals surface area contributed by atoms with Crippen molar-refractivity contribution in [3.8, 4) is 11.6 Å². The van der Waals surface area contributed by atoms with Crippen LogP contribution in [0.5, 0.6) is 11.6 Å². The summed E-state index contributed by atoms with van der Waals surface area (Å²) in [5.74, 6) is 6.84. The molecule has 0 radical (unpaired) electrons. The van der Waals surface area contributed by atoms with Crippen molar-refractivity contribution in [2.45, 2.75) is 6.10 Å². The van der Waals surface area contributed by atoms with Crippen LogP contribution in [0.3, 0.4) is 0 Å². The molecule has 1 aromatic heterocycles. The molecule has 3 aromatic rings. The molecule has 3 rings (SSSR count). The number of hydrogen-bond acceptors (Lipinski definition) is 8. The van der Waals surface area contributed by atoms with Crippen molar-refractivity contribution >= 4 is 16.6 Å². The number of hydrazine groups is 1. The van der Waals surface area contributed by atoms with Crippen LogP contribution in [0.15, 0.2) is 54.6 Å². The topological polar surface area (TPSA) is 115 Å². The number of aliphatic hydroxyl groups excluding tert-OH is 1. The molecule has 27 heavy (non-hydrogen) atoms. The fourth-order valence-corrected chi connectivity index (χ4v) is 2.48. The maximum absolute atomic E-state index is 10.0. The highest BCUT2D eigenvalue weighted by molar-refractivity contribution is 5.83. The van der Waals surface area contributed by atoms with Crippen molar-refractivity contribution in [3.05, 3.63) is 54.6 Å². The van der Waals surface area contributed by atoms with Crippen molar-refractivity contribution in [2.75, 3.05) is 31.7 Å². The molecule has 0 spiro atoms. The Kier molecular flexibility index (Phi) is 6.75. The molecule has 5 N–H and O–H groups in total. The summed E-state index contributed by atoms with van der Waals surface area (Å²) in [7, 11) is 0. The Bertz CT molecular complexity index is 844. The fraction of sp³-hybridized carbons (Fsp3) is 0.263. The fourth-order valence-electron chi connectivity index (χ4n) is 2.48. The third-order valence-electron chi connectivity index (χ3n) is 3.86. The van der Waals surface area contributed by atoms with E-state index in [9.17, 15) is 5.11 Å². The van der Waals surface area contributed by atoms with E-state index in [2.05, 4.69) is 27.0 Å². The number of anilines is 1. The van der Waals surface area contributed by atoms with Gasteiger partial charge in [0.25, 0.3) is 0 Å². The van der Waals surface area contributed by atoms with Crippen LogP contribution in [0.1, 0.15) is 0 Å². The lowest BCUT2D eigenvalue weighted by atomic mass is 10.1. The molecule has 0 bridgehead atoms. The molecule has 0 aliphatic rings. The van der Waals surface area contributed by atoms with Gasteiger partial charge in [-0.2, -0.15) is 0 Å². The number of nitrogen functional groups attached to an aromatic ring is 1. The predicted molar refractivity (Wildman–Crippen MR) is 104 cm³/mol. The van der Waals surface area contributed by atoms with E-state index in [1.165, 1.54) is 0 Å². The van der Waals surface area contributed by atoms with E-state index in [0.29, 0.717) is 31.4 Å². The molecule has 1 heterocycles. The van der Waals surface area contributed by atoms with Crippen LogP contribution in [0.25, 0.3) is 10.8 Å². The molecular formula is C19H23N5O3. The standard InChI is InChI=1S/C19H23N5O3/c20-22-18-7-8-19(24-23-18)26-10-9-21-12-16(25)13-27-17-6-5-14-3-1-2-4-15(14)11-17/h1-8,11,16,21,25H,9-10,12-13,20H2,(H,22,23). The van der Waals surface area contributed by atoms with E-state index in [0.717, 1.165) is 16.5 Å². The first-order chi connectivity index (χ1) is 13.2. The molecule has 8 nitrogen and oxygen atoms in total. The number of nitrogens with zero attached hydrogens (tertiary/aromatic N) is 2. The number of fused-ring (bicyclic) bond motifs is 1. The second-order valence-corrected chi connectivity index (χ2v) is 5.93. The van der Waals surface area contributed by atoms with Gasteiger partial charge in [0.15, 0.2) is 5.82 Å². The molecular weight excluding hydrogens is 346 g/mol. The van der Waals surface area contributed by atoms with E-state index in [1.807, 2.05) is 36.4 Å². The van der Waals surface area contributed by atoms with Gasteiger partial charge in [-0.05, 0) is 29.0 Å². The Labute approximate surface area is 157 Å². The highest BCUT2D eigenvalue weighted by atomic mass is 16.5. The van der Waals surface area contributed by atoms with Crippen molar-refractivity contribution < 1.29 is 14.6 Å². The quantitative estimate of drug-likeness (QED) is 0.240. The van der Waals surface area contributed by atoms with Gasteiger partial charge in [0.2, 0.25) is 5.88 Å². The molecule has 142 valence electrons. The largest absolute Gasteiger partial charge is 0.491 e. The molecule has 2 aromatic carbocycles. The zero-order valence-electron chi connectivity index (χ0n) is 14.8. The Morgan fingerprint density at radius 1 is 1.00 bits per heavy atom. The molecule has 8 heteroatoms. The van der Waals surface area contributed by atoms with Gasteiger partial charge in [0, 0.05) is 19.2 Å². The number of benzene rings is 2. The third-order valence-corrected chi connectivity index (χ3v) is 3.86. The molecule has 1 unspecified atom stereocenters. The van der Waals surface area contributed by atoms with E-state index in [4.69, 9.17) is 15.3 Å². The number of nitrogens with two attached hydrogens (primary N) is 1. The zero-order chi connectivity index (χ0) is 18.9. The first-order valence-electron chi connectivity index (χ1n) is 8.68. The number of rotatable bonds is 10. The van der Waals surface area contributed by atoms with Crippen LogP contribution in [-0.2, 0) is 0 Å². The Hall–Kier alpha value is -2.94. The highest BCUT2D eigenvalue weighted by Gasteiger charge is 2.06. The summed E-state index contributed by atoms with van der Waals surface area (Å²) in [6.07, 6.45) is -0.619. The van der Waals surface area contributed by atoms with E-state index < -0.39 is 6.10 Å². The van der Waals surface area contributed by atoms with Crippen molar-refractivity contribution in [2.24, 2.45) is 5.84 Å². The van der Waals surface area contributed by atoms with Crippen LogP contribution in [0.4, 0.5) is 5.82 Å². The van der Waals surface area contributed by atoms with Crippen molar-refractivity contribution in [3.63, 3.8) is 0 Å². The number of hydrogen-bond donors (Lipinski definition) is 4. The number of nitrogens with one attached hydrogen (secondary N) is 2. The minimum atomic E-state index is -0.619. The number of aliphatic hydroxyl groups is 1. The summed E-state index contributed by atoms with van der Waals surface area (Å²) < 4.78 is 11.1. The van der Waals surface area contributed by atoms with Crippen LogP contribution in [0, 0.1) is 0 Å². The molecule has 0 aliphatic carbocycles. The Balaban J connectivity index is 1.32. The van der Waals surface area contributed by atoms with Crippen molar-refractivity contribution in [1.82, 2.24) is 15.5 Å². The highest BCUT2D eigenvalue weighted by Crippen LogP contribution is 2.20. The normalized spacial score (nSPS) is 11.9. The van der Waals surface area contributed by atoms with Crippen molar-refractivity contribution in [1.29, 1.82) is 0 Å². The predicted octanol–water partition coefficient (Wildman–Crippen LogP) is 1.32. The third kappa shape index (κ3) is 5.78. The lowest BCUT2D eigenvalue weighted by molar-refractivity contribution is 0.105. The van der Waals surface area contributed by atoms with E-state index in [-0.39, 0.29) is 6.61 Å². The minimum absolute atomic E-state index is 0.214. The summed E-state index contributed by atoms with van der Waals surface area (Å²) in [6.45, 7) is 1.58. The monoisotopic (exact) mass is 369 g/mol. The number of ether oxygens (including phenoxy) is 2. The maximum Gasteiger partial charge on any atom is 0.233 e. The van der Waals surface area contributed by atoms with Crippen LogP contribution in [-0.4, -0.2) is 47.7 Å². The van der Waals surface area contributed by atoms with Crippen LogP contribution in [0.2, 0.25) is 0 Å². The average molecular weight is 369 g/mol. The lowest BCUT2D eigenvalue weighted by Crippen LogP contribution is -2.33. The average Bonchev–Trinajstić information content (AvgIpc) is 2.72. The van der Waals surface area contributed by atoms with Gasteiger partial charge in [-0.1, -0.05) is 30.3 Å². The maximum atomic E-state index is 10.0.